The van der Waals surface area contributed by atoms with Crippen molar-refractivity contribution in [3.05, 3.63) is 22.4 Å². The van der Waals surface area contributed by atoms with Gasteiger partial charge in [-0.15, -0.1) is 11.3 Å². The highest BCUT2D eigenvalue weighted by Crippen LogP contribution is 2.30. The SMILES string of the molecule is CC(C)C(N[C@@H](C)C1CCCCCC1)c1cccs1. The topological polar surface area (TPSA) is 12.0 Å². The van der Waals surface area contributed by atoms with E-state index in [-0.39, 0.29) is 0 Å². The zero-order valence-electron chi connectivity index (χ0n) is 12.7. The molecule has 1 aromatic rings. The van der Waals surface area contributed by atoms with Crippen LogP contribution in [0.3, 0.4) is 0 Å². The highest BCUT2D eigenvalue weighted by molar-refractivity contribution is 7.10. The van der Waals surface area contributed by atoms with Crippen molar-refractivity contribution in [3.63, 3.8) is 0 Å². The summed E-state index contributed by atoms with van der Waals surface area (Å²) in [5.74, 6) is 1.54. The summed E-state index contributed by atoms with van der Waals surface area (Å²) in [7, 11) is 0. The average molecular weight is 279 g/mol. The van der Waals surface area contributed by atoms with Crippen molar-refractivity contribution >= 4 is 11.3 Å². The smallest absolute Gasteiger partial charge is 0.0440 e. The summed E-state index contributed by atoms with van der Waals surface area (Å²) in [4.78, 5) is 1.50. The van der Waals surface area contributed by atoms with E-state index in [1.165, 1.54) is 43.4 Å². The lowest BCUT2D eigenvalue weighted by Crippen LogP contribution is -2.38. The van der Waals surface area contributed by atoms with E-state index >= 15 is 0 Å². The van der Waals surface area contributed by atoms with Gasteiger partial charge in [0.15, 0.2) is 0 Å². The normalized spacial score (nSPS) is 21.3. The van der Waals surface area contributed by atoms with Crippen LogP contribution in [0, 0.1) is 11.8 Å². The van der Waals surface area contributed by atoms with Crippen LogP contribution in [0.25, 0.3) is 0 Å². The first-order valence-electron chi connectivity index (χ1n) is 7.98. The summed E-state index contributed by atoms with van der Waals surface area (Å²) >= 11 is 1.89. The number of thiophene rings is 1. The molecule has 1 saturated carbocycles. The van der Waals surface area contributed by atoms with Gasteiger partial charge >= 0.3 is 0 Å². The molecule has 2 atom stereocenters. The predicted octanol–water partition coefficient (Wildman–Crippen LogP) is 5.39. The third-order valence-electron chi connectivity index (χ3n) is 4.57. The van der Waals surface area contributed by atoms with Crippen LogP contribution in [-0.2, 0) is 0 Å². The fourth-order valence-corrected chi connectivity index (χ4v) is 4.26. The van der Waals surface area contributed by atoms with Gasteiger partial charge in [-0.05, 0) is 43.0 Å². The molecule has 1 aliphatic carbocycles. The Bertz CT molecular complexity index is 336. The highest BCUT2D eigenvalue weighted by atomic mass is 32.1. The van der Waals surface area contributed by atoms with Crippen LogP contribution in [-0.4, -0.2) is 6.04 Å². The minimum atomic E-state index is 0.526. The molecule has 1 aromatic heterocycles. The van der Waals surface area contributed by atoms with E-state index in [0.29, 0.717) is 18.0 Å². The van der Waals surface area contributed by atoms with Crippen LogP contribution in [0.15, 0.2) is 17.5 Å². The predicted molar refractivity (Wildman–Crippen MR) is 85.7 cm³/mol. The molecule has 0 spiro atoms. The highest BCUT2D eigenvalue weighted by Gasteiger charge is 2.24. The molecule has 0 bridgehead atoms. The van der Waals surface area contributed by atoms with Gasteiger partial charge in [-0.2, -0.15) is 0 Å². The van der Waals surface area contributed by atoms with Gasteiger partial charge in [0.05, 0.1) is 0 Å². The molecule has 1 N–H and O–H groups in total. The first-order valence-corrected chi connectivity index (χ1v) is 8.86. The fraction of sp³-hybridized carbons (Fsp3) is 0.765. The Labute approximate surface area is 122 Å². The lowest BCUT2D eigenvalue weighted by Gasteiger charge is -2.30. The molecule has 0 aromatic carbocycles. The molecular formula is C17H29NS. The van der Waals surface area contributed by atoms with Gasteiger partial charge < -0.3 is 5.32 Å². The summed E-state index contributed by atoms with van der Waals surface area (Å²) < 4.78 is 0. The van der Waals surface area contributed by atoms with Gasteiger partial charge in [0.2, 0.25) is 0 Å². The molecule has 1 fully saturated rings. The zero-order chi connectivity index (χ0) is 13.7. The molecular weight excluding hydrogens is 250 g/mol. The lowest BCUT2D eigenvalue weighted by molar-refractivity contribution is 0.282. The quantitative estimate of drug-likeness (QED) is 0.712. The van der Waals surface area contributed by atoms with E-state index in [0.717, 1.165) is 5.92 Å². The molecule has 0 radical (unpaired) electrons. The largest absolute Gasteiger partial charge is 0.306 e. The van der Waals surface area contributed by atoms with Crippen LogP contribution in [0.2, 0.25) is 0 Å². The van der Waals surface area contributed by atoms with Crippen LogP contribution in [0.4, 0.5) is 0 Å². The van der Waals surface area contributed by atoms with Crippen molar-refractivity contribution in [1.82, 2.24) is 5.32 Å². The van der Waals surface area contributed by atoms with Gasteiger partial charge in [0, 0.05) is 17.0 Å². The van der Waals surface area contributed by atoms with Gasteiger partial charge in [-0.25, -0.2) is 0 Å². The minimum absolute atomic E-state index is 0.526. The third-order valence-corrected chi connectivity index (χ3v) is 5.52. The van der Waals surface area contributed by atoms with Crippen LogP contribution < -0.4 is 5.32 Å². The molecule has 1 aliphatic rings. The summed E-state index contributed by atoms with van der Waals surface area (Å²) in [6.07, 6.45) is 8.60. The Morgan fingerprint density at radius 2 is 1.79 bits per heavy atom. The molecule has 0 saturated heterocycles. The van der Waals surface area contributed by atoms with E-state index in [9.17, 15) is 0 Å². The van der Waals surface area contributed by atoms with Gasteiger partial charge in [-0.1, -0.05) is 45.6 Å². The number of hydrogen-bond acceptors (Lipinski definition) is 2. The van der Waals surface area contributed by atoms with E-state index < -0.39 is 0 Å². The second-order valence-corrected chi connectivity index (χ2v) is 7.42. The Balaban J connectivity index is 1.96. The Morgan fingerprint density at radius 1 is 1.11 bits per heavy atom. The maximum Gasteiger partial charge on any atom is 0.0440 e. The van der Waals surface area contributed by atoms with Crippen molar-refractivity contribution in [2.24, 2.45) is 11.8 Å². The summed E-state index contributed by atoms with van der Waals surface area (Å²) in [6.45, 7) is 7.06. The summed E-state index contributed by atoms with van der Waals surface area (Å²) in [5, 5.41) is 6.12. The number of hydrogen-bond donors (Lipinski definition) is 1. The maximum absolute atomic E-state index is 3.93. The molecule has 2 rings (SSSR count). The van der Waals surface area contributed by atoms with Crippen molar-refractivity contribution < 1.29 is 0 Å². The van der Waals surface area contributed by atoms with Gasteiger partial charge in [0.25, 0.3) is 0 Å². The Morgan fingerprint density at radius 3 is 2.32 bits per heavy atom. The van der Waals surface area contributed by atoms with Crippen molar-refractivity contribution in [2.45, 2.75) is 71.4 Å². The van der Waals surface area contributed by atoms with Crippen molar-refractivity contribution in [1.29, 1.82) is 0 Å². The molecule has 1 unspecified atom stereocenters. The van der Waals surface area contributed by atoms with E-state index in [1.807, 2.05) is 11.3 Å². The Kier molecular flexibility index (Phi) is 5.90. The first kappa shape index (κ1) is 15.1. The molecule has 108 valence electrons. The summed E-state index contributed by atoms with van der Waals surface area (Å²) in [6, 6.07) is 5.63. The van der Waals surface area contributed by atoms with Crippen molar-refractivity contribution in [2.75, 3.05) is 0 Å². The fourth-order valence-electron chi connectivity index (χ4n) is 3.30. The first-order chi connectivity index (χ1) is 9.18. The van der Waals surface area contributed by atoms with Gasteiger partial charge in [-0.3, -0.25) is 0 Å². The molecule has 19 heavy (non-hydrogen) atoms. The number of nitrogens with one attached hydrogen (secondary N) is 1. The second kappa shape index (κ2) is 7.44. The number of rotatable bonds is 5. The average Bonchev–Trinajstić information content (AvgIpc) is 2.76. The van der Waals surface area contributed by atoms with E-state index in [1.54, 1.807) is 0 Å². The van der Waals surface area contributed by atoms with Crippen molar-refractivity contribution in [3.8, 4) is 0 Å². The monoisotopic (exact) mass is 279 g/mol. The molecule has 0 aliphatic heterocycles. The lowest BCUT2D eigenvalue weighted by atomic mass is 9.91. The van der Waals surface area contributed by atoms with Crippen LogP contribution in [0.5, 0.6) is 0 Å². The molecule has 1 nitrogen and oxygen atoms in total. The molecule has 0 amide bonds. The van der Waals surface area contributed by atoms with E-state index in [4.69, 9.17) is 0 Å². The maximum atomic E-state index is 3.93. The molecule has 1 heterocycles. The van der Waals surface area contributed by atoms with Gasteiger partial charge in [0.1, 0.15) is 0 Å². The van der Waals surface area contributed by atoms with Crippen LogP contribution >= 0.6 is 11.3 Å². The minimum Gasteiger partial charge on any atom is -0.306 e. The standard InChI is InChI=1S/C17H29NS/c1-13(2)17(16-11-8-12-19-16)18-14(3)15-9-6-4-5-7-10-15/h8,11-15,17-18H,4-7,9-10H2,1-3H3/t14-,17?/m0/s1. The zero-order valence-corrected chi connectivity index (χ0v) is 13.5. The second-order valence-electron chi connectivity index (χ2n) is 6.44. The summed E-state index contributed by atoms with van der Waals surface area (Å²) in [5.41, 5.74) is 0. The van der Waals surface area contributed by atoms with E-state index in [2.05, 4.69) is 43.6 Å². The third kappa shape index (κ3) is 4.32. The van der Waals surface area contributed by atoms with Crippen LogP contribution in [0.1, 0.15) is 70.2 Å². The Hall–Kier alpha value is -0.340. The molecule has 2 heteroatoms.